The summed E-state index contributed by atoms with van der Waals surface area (Å²) in [7, 11) is 0. The van der Waals surface area contributed by atoms with Gasteiger partial charge in [0, 0.05) is 31.0 Å². The lowest BCUT2D eigenvalue weighted by Crippen LogP contribution is -2.35. The Bertz CT molecular complexity index is 481. The van der Waals surface area contributed by atoms with E-state index in [-0.39, 0.29) is 0 Å². The largest absolute Gasteiger partial charge is 0.385 e. The first-order valence-electron chi connectivity index (χ1n) is 9.33. The number of rotatable bonds is 7. The first-order chi connectivity index (χ1) is 11.1. The van der Waals surface area contributed by atoms with E-state index in [2.05, 4.69) is 68.3 Å². The van der Waals surface area contributed by atoms with Gasteiger partial charge in [0.1, 0.15) is 0 Å². The van der Waals surface area contributed by atoms with Gasteiger partial charge >= 0.3 is 0 Å². The lowest BCUT2D eigenvalue weighted by molar-refractivity contribution is 0.221. The number of nitrogens with one attached hydrogen (secondary N) is 1. The zero-order valence-electron chi connectivity index (χ0n) is 15.4. The van der Waals surface area contributed by atoms with Gasteiger partial charge in [0.25, 0.3) is 0 Å². The van der Waals surface area contributed by atoms with Crippen molar-refractivity contribution in [2.45, 2.75) is 53.4 Å². The Labute approximate surface area is 143 Å². The third-order valence-corrected chi connectivity index (χ3v) is 5.25. The molecule has 1 aromatic rings. The van der Waals surface area contributed by atoms with Crippen LogP contribution in [0.4, 0.5) is 5.69 Å². The number of hydrogen-bond donors (Lipinski definition) is 1. The molecule has 0 spiro atoms. The van der Waals surface area contributed by atoms with E-state index < -0.39 is 0 Å². The predicted molar refractivity (Wildman–Crippen MR) is 102 cm³/mol. The molecule has 0 radical (unpaired) electrons. The zero-order valence-corrected chi connectivity index (χ0v) is 15.4. The Balaban J connectivity index is 1.76. The minimum Gasteiger partial charge on any atom is -0.385 e. The summed E-state index contributed by atoms with van der Waals surface area (Å²) in [6.07, 6.45) is 7.44. The van der Waals surface area contributed by atoms with Crippen molar-refractivity contribution in [3.63, 3.8) is 0 Å². The molecule has 2 rings (SSSR count). The van der Waals surface area contributed by atoms with Gasteiger partial charge in [0.15, 0.2) is 0 Å². The molecule has 1 aliphatic heterocycles. The lowest BCUT2D eigenvalue weighted by Gasteiger charge is -2.36. The SMILES string of the molecule is C/C=C(\C[C@H](C)CC)N1CCC(CNc2ccc(C)cc2)CC1. The molecule has 1 N–H and O–H groups in total. The van der Waals surface area contributed by atoms with Crippen LogP contribution in [0.5, 0.6) is 0 Å². The summed E-state index contributed by atoms with van der Waals surface area (Å²) in [5.41, 5.74) is 4.14. The molecular weight excluding hydrogens is 280 g/mol. The Kier molecular flexibility index (Phi) is 7.01. The lowest BCUT2D eigenvalue weighted by atomic mass is 9.94. The van der Waals surface area contributed by atoms with Crippen LogP contribution in [0.2, 0.25) is 0 Å². The highest BCUT2D eigenvalue weighted by Gasteiger charge is 2.21. The minimum absolute atomic E-state index is 0.794. The third-order valence-electron chi connectivity index (χ3n) is 5.25. The van der Waals surface area contributed by atoms with Crippen LogP contribution >= 0.6 is 0 Å². The highest BCUT2D eigenvalue weighted by atomic mass is 15.1. The van der Waals surface area contributed by atoms with Gasteiger partial charge in [-0.1, -0.05) is 44.0 Å². The second kappa shape index (κ2) is 9.00. The number of hydrogen-bond acceptors (Lipinski definition) is 2. The van der Waals surface area contributed by atoms with Crippen LogP contribution < -0.4 is 5.32 Å². The van der Waals surface area contributed by atoms with Crippen LogP contribution in [0.25, 0.3) is 0 Å². The molecule has 1 aliphatic rings. The average molecular weight is 315 g/mol. The van der Waals surface area contributed by atoms with Crippen molar-refractivity contribution in [2.24, 2.45) is 11.8 Å². The van der Waals surface area contributed by atoms with E-state index in [0.717, 1.165) is 18.4 Å². The summed E-state index contributed by atoms with van der Waals surface area (Å²) >= 11 is 0. The van der Waals surface area contributed by atoms with E-state index in [0.29, 0.717) is 0 Å². The monoisotopic (exact) mass is 314 g/mol. The standard InChI is InChI=1S/C21H34N2/c1-5-17(3)15-21(6-2)23-13-11-19(12-14-23)16-22-20-9-7-18(4)8-10-20/h6-10,17,19,22H,5,11-16H2,1-4H3/b21-6+/t17-/m1/s1. The summed E-state index contributed by atoms with van der Waals surface area (Å²) in [5.74, 6) is 1.59. The van der Waals surface area contributed by atoms with Gasteiger partial charge in [-0.15, -0.1) is 0 Å². The van der Waals surface area contributed by atoms with Gasteiger partial charge in [-0.25, -0.2) is 0 Å². The molecular formula is C21H34N2. The van der Waals surface area contributed by atoms with Crippen molar-refractivity contribution >= 4 is 5.69 Å². The fraction of sp³-hybridized carbons (Fsp3) is 0.619. The smallest absolute Gasteiger partial charge is 0.0340 e. The number of likely N-dealkylation sites (tertiary alicyclic amines) is 1. The molecule has 1 aromatic carbocycles. The van der Waals surface area contributed by atoms with Crippen LogP contribution in [0.3, 0.4) is 0 Å². The summed E-state index contributed by atoms with van der Waals surface area (Å²) in [6, 6.07) is 8.74. The van der Waals surface area contributed by atoms with E-state index in [9.17, 15) is 0 Å². The van der Waals surface area contributed by atoms with Crippen LogP contribution in [0, 0.1) is 18.8 Å². The maximum atomic E-state index is 3.61. The van der Waals surface area contributed by atoms with Gasteiger partial charge in [-0.05, 0) is 57.1 Å². The van der Waals surface area contributed by atoms with E-state index in [1.807, 2.05) is 0 Å². The van der Waals surface area contributed by atoms with Crippen LogP contribution in [0.1, 0.15) is 52.0 Å². The fourth-order valence-electron chi connectivity index (χ4n) is 3.29. The Hall–Kier alpha value is -1.44. The summed E-state index contributed by atoms with van der Waals surface area (Å²) in [4.78, 5) is 2.62. The molecule has 1 heterocycles. The molecule has 2 heteroatoms. The first-order valence-corrected chi connectivity index (χ1v) is 9.33. The second-order valence-corrected chi connectivity index (χ2v) is 7.17. The van der Waals surface area contributed by atoms with E-state index in [1.54, 1.807) is 5.70 Å². The molecule has 1 saturated heterocycles. The van der Waals surface area contributed by atoms with Crippen molar-refractivity contribution in [2.75, 3.05) is 25.0 Å². The molecule has 1 fully saturated rings. The Morgan fingerprint density at radius 1 is 1.26 bits per heavy atom. The summed E-state index contributed by atoms with van der Waals surface area (Å²) in [6.45, 7) is 12.5. The van der Waals surface area contributed by atoms with Gasteiger partial charge < -0.3 is 10.2 Å². The predicted octanol–water partition coefficient (Wildman–Crippen LogP) is 5.46. The maximum Gasteiger partial charge on any atom is 0.0340 e. The molecule has 1 atom stereocenters. The molecule has 23 heavy (non-hydrogen) atoms. The third kappa shape index (κ3) is 5.60. The van der Waals surface area contributed by atoms with Gasteiger partial charge in [-0.3, -0.25) is 0 Å². The zero-order chi connectivity index (χ0) is 16.7. The van der Waals surface area contributed by atoms with Gasteiger partial charge in [0.2, 0.25) is 0 Å². The fourth-order valence-corrected chi connectivity index (χ4v) is 3.29. The number of aryl methyl sites for hydroxylation is 1. The Morgan fingerprint density at radius 3 is 2.48 bits per heavy atom. The first kappa shape index (κ1) is 17.9. The van der Waals surface area contributed by atoms with E-state index in [1.165, 1.54) is 50.0 Å². The molecule has 2 nitrogen and oxygen atoms in total. The minimum atomic E-state index is 0.794. The van der Waals surface area contributed by atoms with Gasteiger partial charge in [0.05, 0.1) is 0 Å². The van der Waals surface area contributed by atoms with Crippen molar-refractivity contribution in [1.82, 2.24) is 4.90 Å². The van der Waals surface area contributed by atoms with Crippen molar-refractivity contribution in [3.8, 4) is 0 Å². The molecule has 0 aromatic heterocycles. The van der Waals surface area contributed by atoms with Crippen molar-refractivity contribution < 1.29 is 0 Å². The molecule has 0 amide bonds. The quantitative estimate of drug-likeness (QED) is 0.719. The topological polar surface area (TPSA) is 15.3 Å². The van der Waals surface area contributed by atoms with Crippen molar-refractivity contribution in [1.29, 1.82) is 0 Å². The maximum absolute atomic E-state index is 3.61. The number of nitrogens with zero attached hydrogens (tertiary/aromatic N) is 1. The van der Waals surface area contributed by atoms with E-state index >= 15 is 0 Å². The summed E-state index contributed by atoms with van der Waals surface area (Å²) in [5, 5.41) is 3.61. The molecule has 128 valence electrons. The van der Waals surface area contributed by atoms with E-state index in [4.69, 9.17) is 0 Å². The number of allylic oxidation sites excluding steroid dienone is 2. The number of anilines is 1. The molecule has 0 saturated carbocycles. The number of piperidine rings is 1. The van der Waals surface area contributed by atoms with Crippen molar-refractivity contribution in [3.05, 3.63) is 41.6 Å². The Morgan fingerprint density at radius 2 is 1.91 bits per heavy atom. The van der Waals surface area contributed by atoms with Crippen LogP contribution in [-0.4, -0.2) is 24.5 Å². The van der Waals surface area contributed by atoms with Crippen LogP contribution in [0.15, 0.2) is 36.0 Å². The molecule has 0 aliphatic carbocycles. The second-order valence-electron chi connectivity index (χ2n) is 7.17. The van der Waals surface area contributed by atoms with Crippen LogP contribution in [-0.2, 0) is 0 Å². The highest BCUT2D eigenvalue weighted by molar-refractivity contribution is 5.44. The normalized spacial score (nSPS) is 18.1. The highest BCUT2D eigenvalue weighted by Crippen LogP contribution is 2.25. The average Bonchev–Trinajstić information content (AvgIpc) is 2.59. The summed E-state index contributed by atoms with van der Waals surface area (Å²) < 4.78 is 0. The van der Waals surface area contributed by atoms with Gasteiger partial charge in [-0.2, -0.15) is 0 Å². The number of benzene rings is 1. The molecule has 0 unspecified atom stereocenters. The molecule has 0 bridgehead atoms.